The van der Waals surface area contributed by atoms with E-state index in [2.05, 4.69) is 5.32 Å². The Labute approximate surface area is 96.3 Å². The largest absolute Gasteiger partial charge is 0.312 e. The number of sulfonamides is 1. The van der Waals surface area contributed by atoms with Crippen molar-refractivity contribution in [3.63, 3.8) is 0 Å². The van der Waals surface area contributed by atoms with Gasteiger partial charge in [-0.2, -0.15) is 0 Å². The molecule has 1 aliphatic heterocycles. The molecule has 0 saturated heterocycles. The summed E-state index contributed by atoms with van der Waals surface area (Å²) >= 11 is 0. The summed E-state index contributed by atoms with van der Waals surface area (Å²) < 4.78 is 25.5. The average molecular weight is 240 g/mol. The van der Waals surface area contributed by atoms with E-state index < -0.39 is 10.0 Å². The third-order valence-electron chi connectivity index (χ3n) is 2.86. The van der Waals surface area contributed by atoms with Gasteiger partial charge in [-0.25, -0.2) is 12.7 Å². The molecule has 88 valence electrons. The Morgan fingerprint density at radius 3 is 2.75 bits per heavy atom. The summed E-state index contributed by atoms with van der Waals surface area (Å²) in [7, 11) is -0.182. The van der Waals surface area contributed by atoms with Crippen molar-refractivity contribution in [1.82, 2.24) is 9.62 Å². The monoisotopic (exact) mass is 240 g/mol. The molecule has 0 spiro atoms. The van der Waals surface area contributed by atoms with E-state index >= 15 is 0 Å². The predicted molar refractivity (Wildman–Crippen MR) is 62.7 cm³/mol. The topological polar surface area (TPSA) is 49.4 Å². The molecule has 0 atom stereocenters. The molecule has 1 N–H and O–H groups in total. The van der Waals surface area contributed by atoms with Crippen LogP contribution >= 0.6 is 0 Å². The van der Waals surface area contributed by atoms with E-state index in [0.717, 1.165) is 30.6 Å². The highest BCUT2D eigenvalue weighted by molar-refractivity contribution is 7.89. The van der Waals surface area contributed by atoms with Gasteiger partial charge in [0.1, 0.15) is 0 Å². The quantitative estimate of drug-likeness (QED) is 0.823. The minimum Gasteiger partial charge on any atom is -0.312 e. The Morgan fingerprint density at radius 2 is 2.06 bits per heavy atom. The van der Waals surface area contributed by atoms with E-state index in [1.54, 1.807) is 20.2 Å². The van der Waals surface area contributed by atoms with Crippen molar-refractivity contribution in [3.8, 4) is 0 Å². The SMILES string of the molecule is CN(C)S(=O)(=O)c1cccc2c1CCNC2. The first-order valence-electron chi connectivity index (χ1n) is 5.27. The van der Waals surface area contributed by atoms with Crippen LogP contribution in [-0.2, 0) is 23.0 Å². The number of hydrogen-bond acceptors (Lipinski definition) is 3. The van der Waals surface area contributed by atoms with E-state index in [1.807, 2.05) is 12.1 Å². The summed E-state index contributed by atoms with van der Waals surface area (Å²) in [4.78, 5) is 0.455. The molecule has 0 unspecified atom stereocenters. The normalized spacial score (nSPS) is 16.2. The second kappa shape index (κ2) is 4.16. The van der Waals surface area contributed by atoms with Gasteiger partial charge in [-0.3, -0.25) is 0 Å². The van der Waals surface area contributed by atoms with Crippen LogP contribution in [0.15, 0.2) is 23.1 Å². The molecular weight excluding hydrogens is 224 g/mol. The van der Waals surface area contributed by atoms with Crippen LogP contribution in [0.5, 0.6) is 0 Å². The molecule has 1 aromatic rings. The molecule has 0 fully saturated rings. The van der Waals surface area contributed by atoms with Gasteiger partial charge in [-0.05, 0) is 30.2 Å². The van der Waals surface area contributed by atoms with Crippen molar-refractivity contribution in [2.75, 3.05) is 20.6 Å². The van der Waals surface area contributed by atoms with E-state index in [0.29, 0.717) is 4.90 Å². The highest BCUT2D eigenvalue weighted by Crippen LogP contribution is 2.24. The molecule has 0 amide bonds. The van der Waals surface area contributed by atoms with Crippen molar-refractivity contribution in [2.45, 2.75) is 17.9 Å². The van der Waals surface area contributed by atoms with Gasteiger partial charge < -0.3 is 5.32 Å². The van der Waals surface area contributed by atoms with Crippen LogP contribution in [0.4, 0.5) is 0 Å². The number of nitrogens with zero attached hydrogens (tertiary/aromatic N) is 1. The Bertz CT molecular complexity index is 495. The first kappa shape index (κ1) is 11.6. The molecule has 5 heteroatoms. The maximum Gasteiger partial charge on any atom is 0.242 e. The summed E-state index contributed by atoms with van der Waals surface area (Å²) in [6.07, 6.45) is 0.776. The Hall–Kier alpha value is -0.910. The lowest BCUT2D eigenvalue weighted by atomic mass is 10.0. The highest BCUT2D eigenvalue weighted by atomic mass is 32.2. The molecule has 1 aromatic carbocycles. The fourth-order valence-electron chi connectivity index (χ4n) is 1.94. The van der Waals surface area contributed by atoms with Crippen LogP contribution < -0.4 is 5.32 Å². The van der Waals surface area contributed by atoms with Crippen LogP contribution in [0, 0.1) is 0 Å². The number of hydrogen-bond donors (Lipinski definition) is 1. The molecule has 0 saturated carbocycles. The van der Waals surface area contributed by atoms with E-state index in [9.17, 15) is 8.42 Å². The van der Waals surface area contributed by atoms with E-state index in [1.165, 1.54) is 4.31 Å². The first-order valence-corrected chi connectivity index (χ1v) is 6.71. The smallest absolute Gasteiger partial charge is 0.242 e. The summed E-state index contributed by atoms with van der Waals surface area (Å²) in [6, 6.07) is 5.48. The third kappa shape index (κ3) is 1.86. The molecule has 0 radical (unpaired) electrons. The first-order chi connectivity index (χ1) is 7.53. The summed E-state index contributed by atoms with van der Waals surface area (Å²) in [6.45, 7) is 1.60. The van der Waals surface area contributed by atoms with Gasteiger partial charge in [-0.15, -0.1) is 0 Å². The zero-order valence-electron chi connectivity index (χ0n) is 9.53. The number of nitrogens with one attached hydrogen (secondary N) is 1. The van der Waals surface area contributed by atoms with Crippen molar-refractivity contribution < 1.29 is 8.42 Å². The Morgan fingerprint density at radius 1 is 1.31 bits per heavy atom. The van der Waals surface area contributed by atoms with Gasteiger partial charge in [0.25, 0.3) is 0 Å². The van der Waals surface area contributed by atoms with E-state index in [4.69, 9.17) is 0 Å². The minimum atomic E-state index is -3.31. The van der Waals surface area contributed by atoms with Crippen molar-refractivity contribution in [3.05, 3.63) is 29.3 Å². The van der Waals surface area contributed by atoms with Crippen molar-refractivity contribution in [2.24, 2.45) is 0 Å². The maximum atomic E-state index is 12.1. The highest BCUT2D eigenvalue weighted by Gasteiger charge is 2.23. The third-order valence-corrected chi connectivity index (χ3v) is 4.76. The lowest BCUT2D eigenvalue weighted by Gasteiger charge is -2.21. The molecule has 0 aromatic heterocycles. The van der Waals surface area contributed by atoms with E-state index in [-0.39, 0.29) is 0 Å². The van der Waals surface area contributed by atoms with Crippen LogP contribution in [0.2, 0.25) is 0 Å². The van der Waals surface area contributed by atoms with Gasteiger partial charge >= 0.3 is 0 Å². The van der Waals surface area contributed by atoms with Crippen LogP contribution in [0.1, 0.15) is 11.1 Å². The fourth-order valence-corrected chi connectivity index (χ4v) is 3.12. The lowest BCUT2D eigenvalue weighted by molar-refractivity contribution is 0.517. The van der Waals surface area contributed by atoms with Crippen LogP contribution in [0.3, 0.4) is 0 Å². The van der Waals surface area contributed by atoms with Gasteiger partial charge in [0.05, 0.1) is 4.90 Å². The average Bonchev–Trinajstić information content (AvgIpc) is 2.28. The van der Waals surface area contributed by atoms with Gasteiger partial charge in [0.2, 0.25) is 10.0 Å². The number of fused-ring (bicyclic) bond motifs is 1. The molecule has 0 bridgehead atoms. The maximum absolute atomic E-state index is 12.1. The van der Waals surface area contributed by atoms with Crippen molar-refractivity contribution >= 4 is 10.0 Å². The molecule has 16 heavy (non-hydrogen) atoms. The fraction of sp³-hybridized carbons (Fsp3) is 0.455. The molecule has 4 nitrogen and oxygen atoms in total. The van der Waals surface area contributed by atoms with Gasteiger partial charge in [-0.1, -0.05) is 12.1 Å². The van der Waals surface area contributed by atoms with Crippen molar-refractivity contribution in [1.29, 1.82) is 0 Å². The predicted octanol–water partition coefficient (Wildman–Crippen LogP) is 0.583. The lowest BCUT2D eigenvalue weighted by Crippen LogP contribution is -2.28. The molecule has 1 heterocycles. The van der Waals surface area contributed by atoms with Crippen LogP contribution in [-0.4, -0.2) is 33.4 Å². The Kier molecular flexibility index (Phi) is 3.01. The summed E-state index contributed by atoms with van der Waals surface area (Å²) in [5, 5.41) is 3.24. The zero-order chi connectivity index (χ0) is 11.8. The Balaban J connectivity index is 2.58. The molecule has 1 aliphatic rings. The summed E-state index contributed by atoms with van der Waals surface area (Å²) in [5.74, 6) is 0. The number of benzene rings is 1. The van der Waals surface area contributed by atoms with Gasteiger partial charge in [0.15, 0.2) is 0 Å². The standard InChI is InChI=1S/C11H16N2O2S/c1-13(2)16(14,15)11-5-3-4-9-8-12-7-6-10(9)11/h3-5,12H,6-8H2,1-2H3. The second-order valence-electron chi connectivity index (χ2n) is 4.11. The molecular formula is C11H16N2O2S. The second-order valence-corrected chi connectivity index (χ2v) is 6.23. The molecule has 0 aliphatic carbocycles. The summed E-state index contributed by atoms with van der Waals surface area (Å²) in [5.41, 5.74) is 2.06. The minimum absolute atomic E-state index is 0.455. The van der Waals surface area contributed by atoms with Gasteiger partial charge in [0, 0.05) is 20.6 Å². The zero-order valence-corrected chi connectivity index (χ0v) is 10.3. The van der Waals surface area contributed by atoms with Crippen LogP contribution in [0.25, 0.3) is 0 Å². The number of rotatable bonds is 2. The molecule has 2 rings (SSSR count).